The van der Waals surface area contributed by atoms with Gasteiger partial charge in [0.15, 0.2) is 0 Å². The van der Waals surface area contributed by atoms with Gasteiger partial charge < -0.3 is 5.32 Å². The molecule has 0 heterocycles. The maximum atomic E-state index is 13.0. The SMILES string of the molecule is CCC/C(=N\NC(=O)CNC(=O)C(c1ccccc1)c1ccccc1)c1ccccc1. The van der Waals surface area contributed by atoms with Gasteiger partial charge in [-0.2, -0.15) is 5.10 Å². The molecule has 2 N–H and O–H groups in total. The highest BCUT2D eigenvalue weighted by molar-refractivity contribution is 6.01. The van der Waals surface area contributed by atoms with E-state index in [1.54, 1.807) is 0 Å². The zero-order chi connectivity index (χ0) is 21.9. The number of carbonyl (C=O) groups is 2. The first-order valence-corrected chi connectivity index (χ1v) is 10.5. The lowest BCUT2D eigenvalue weighted by Crippen LogP contribution is -2.38. The zero-order valence-electron chi connectivity index (χ0n) is 17.6. The fraction of sp³-hybridized carbons (Fsp3) is 0.192. The summed E-state index contributed by atoms with van der Waals surface area (Å²) in [7, 11) is 0. The second kappa shape index (κ2) is 11.5. The molecule has 5 heteroatoms. The third-order valence-electron chi connectivity index (χ3n) is 4.86. The molecule has 0 radical (unpaired) electrons. The first-order chi connectivity index (χ1) is 15.2. The fourth-order valence-corrected chi connectivity index (χ4v) is 3.36. The number of hydrazone groups is 1. The van der Waals surface area contributed by atoms with Gasteiger partial charge >= 0.3 is 0 Å². The Balaban J connectivity index is 1.66. The van der Waals surface area contributed by atoms with Gasteiger partial charge in [-0.25, -0.2) is 5.43 Å². The summed E-state index contributed by atoms with van der Waals surface area (Å²) in [4.78, 5) is 25.3. The molecule has 0 aliphatic heterocycles. The van der Waals surface area contributed by atoms with E-state index in [2.05, 4.69) is 22.8 Å². The van der Waals surface area contributed by atoms with Crippen LogP contribution in [0.4, 0.5) is 0 Å². The van der Waals surface area contributed by atoms with Crippen molar-refractivity contribution in [2.24, 2.45) is 5.10 Å². The van der Waals surface area contributed by atoms with Gasteiger partial charge in [0.1, 0.15) is 0 Å². The predicted molar refractivity (Wildman–Crippen MR) is 124 cm³/mol. The van der Waals surface area contributed by atoms with Crippen LogP contribution in [-0.2, 0) is 9.59 Å². The molecule has 0 spiro atoms. The summed E-state index contributed by atoms with van der Waals surface area (Å²) in [5, 5.41) is 7.04. The van der Waals surface area contributed by atoms with E-state index >= 15 is 0 Å². The molecule has 5 nitrogen and oxygen atoms in total. The van der Waals surface area contributed by atoms with Crippen LogP contribution in [0.1, 0.15) is 42.4 Å². The van der Waals surface area contributed by atoms with Gasteiger partial charge in [-0.1, -0.05) is 104 Å². The van der Waals surface area contributed by atoms with E-state index in [1.807, 2.05) is 91.0 Å². The van der Waals surface area contributed by atoms with E-state index in [1.165, 1.54) is 0 Å². The van der Waals surface area contributed by atoms with Crippen molar-refractivity contribution < 1.29 is 9.59 Å². The molecule has 158 valence electrons. The maximum Gasteiger partial charge on any atom is 0.259 e. The molecule has 0 unspecified atom stereocenters. The lowest BCUT2D eigenvalue weighted by Gasteiger charge is -2.17. The molecular formula is C26H27N3O2. The molecule has 3 aromatic carbocycles. The summed E-state index contributed by atoms with van der Waals surface area (Å²) in [5.74, 6) is -1.08. The molecule has 0 aliphatic carbocycles. The van der Waals surface area contributed by atoms with Crippen LogP contribution in [0, 0.1) is 0 Å². The molecule has 0 saturated heterocycles. The summed E-state index contributed by atoms with van der Waals surface area (Å²) in [6, 6.07) is 28.8. The third-order valence-corrected chi connectivity index (χ3v) is 4.86. The number of carbonyl (C=O) groups excluding carboxylic acids is 2. The predicted octanol–water partition coefficient (Wildman–Crippen LogP) is 4.26. The third kappa shape index (κ3) is 6.37. The molecule has 3 rings (SSSR count). The number of hydrogen-bond acceptors (Lipinski definition) is 3. The Morgan fingerprint density at radius 3 is 1.84 bits per heavy atom. The van der Waals surface area contributed by atoms with Crippen molar-refractivity contribution in [3.63, 3.8) is 0 Å². The number of amides is 2. The van der Waals surface area contributed by atoms with Crippen molar-refractivity contribution in [1.82, 2.24) is 10.7 Å². The van der Waals surface area contributed by atoms with Crippen LogP contribution in [0.5, 0.6) is 0 Å². The van der Waals surface area contributed by atoms with Gasteiger partial charge in [-0.15, -0.1) is 0 Å². The molecule has 0 bridgehead atoms. The van der Waals surface area contributed by atoms with Gasteiger partial charge in [0.25, 0.3) is 5.91 Å². The van der Waals surface area contributed by atoms with Crippen molar-refractivity contribution in [2.45, 2.75) is 25.7 Å². The summed E-state index contributed by atoms with van der Waals surface area (Å²) in [5.41, 5.74) is 6.11. The van der Waals surface area contributed by atoms with Gasteiger partial charge in [-0.3, -0.25) is 9.59 Å². The molecule has 0 aliphatic rings. The number of nitrogens with one attached hydrogen (secondary N) is 2. The summed E-state index contributed by atoms with van der Waals surface area (Å²) < 4.78 is 0. The molecule has 0 saturated carbocycles. The molecule has 31 heavy (non-hydrogen) atoms. The number of benzene rings is 3. The quantitative estimate of drug-likeness (QED) is 0.407. The summed E-state index contributed by atoms with van der Waals surface area (Å²) >= 11 is 0. The maximum absolute atomic E-state index is 13.0. The van der Waals surface area contributed by atoms with Crippen LogP contribution >= 0.6 is 0 Å². The number of rotatable bonds is 9. The monoisotopic (exact) mass is 413 g/mol. The molecule has 3 aromatic rings. The Bertz CT molecular complexity index is 963. The van der Waals surface area contributed by atoms with E-state index in [0.717, 1.165) is 35.2 Å². The highest BCUT2D eigenvalue weighted by Gasteiger charge is 2.22. The average molecular weight is 414 g/mol. The molecular weight excluding hydrogens is 386 g/mol. The van der Waals surface area contributed by atoms with Crippen LogP contribution < -0.4 is 10.7 Å². The lowest BCUT2D eigenvalue weighted by molar-refractivity contribution is -0.126. The first-order valence-electron chi connectivity index (χ1n) is 10.5. The second-order valence-corrected chi connectivity index (χ2v) is 7.18. The Kier molecular flexibility index (Phi) is 8.12. The molecule has 0 fully saturated rings. The minimum absolute atomic E-state index is 0.146. The average Bonchev–Trinajstić information content (AvgIpc) is 2.82. The summed E-state index contributed by atoms with van der Waals surface area (Å²) in [6.07, 6.45) is 1.66. The van der Waals surface area contributed by atoms with Crippen LogP contribution in [0.3, 0.4) is 0 Å². The van der Waals surface area contributed by atoms with E-state index < -0.39 is 5.92 Å². The highest BCUT2D eigenvalue weighted by Crippen LogP contribution is 2.24. The smallest absolute Gasteiger partial charge is 0.259 e. The van der Waals surface area contributed by atoms with Crippen molar-refractivity contribution >= 4 is 17.5 Å². The van der Waals surface area contributed by atoms with Crippen LogP contribution in [0.15, 0.2) is 96.1 Å². The number of hydrogen-bond donors (Lipinski definition) is 2. The minimum atomic E-state index is -0.487. The lowest BCUT2D eigenvalue weighted by atomic mass is 9.90. The fourth-order valence-electron chi connectivity index (χ4n) is 3.36. The van der Waals surface area contributed by atoms with E-state index in [4.69, 9.17) is 0 Å². The second-order valence-electron chi connectivity index (χ2n) is 7.18. The van der Waals surface area contributed by atoms with Crippen molar-refractivity contribution in [2.75, 3.05) is 6.54 Å². The molecule has 0 aromatic heterocycles. The van der Waals surface area contributed by atoms with Crippen LogP contribution in [0.2, 0.25) is 0 Å². The number of nitrogens with zero attached hydrogens (tertiary/aromatic N) is 1. The molecule has 2 amide bonds. The van der Waals surface area contributed by atoms with Crippen LogP contribution in [0.25, 0.3) is 0 Å². The largest absolute Gasteiger partial charge is 0.346 e. The van der Waals surface area contributed by atoms with Crippen LogP contribution in [-0.4, -0.2) is 24.1 Å². The van der Waals surface area contributed by atoms with Crippen molar-refractivity contribution in [3.8, 4) is 0 Å². The van der Waals surface area contributed by atoms with Gasteiger partial charge in [0, 0.05) is 0 Å². The van der Waals surface area contributed by atoms with Gasteiger partial charge in [-0.05, 0) is 23.1 Å². The summed E-state index contributed by atoms with van der Waals surface area (Å²) in [6.45, 7) is 1.92. The normalized spacial score (nSPS) is 11.2. The van der Waals surface area contributed by atoms with Gasteiger partial charge in [0.05, 0.1) is 18.2 Å². The first kappa shape index (κ1) is 22.0. The van der Waals surface area contributed by atoms with E-state index in [0.29, 0.717) is 0 Å². The Hall–Kier alpha value is -3.73. The van der Waals surface area contributed by atoms with E-state index in [9.17, 15) is 9.59 Å². The van der Waals surface area contributed by atoms with Crippen molar-refractivity contribution in [1.29, 1.82) is 0 Å². The van der Waals surface area contributed by atoms with Crippen molar-refractivity contribution in [3.05, 3.63) is 108 Å². The van der Waals surface area contributed by atoms with E-state index in [-0.39, 0.29) is 18.4 Å². The topological polar surface area (TPSA) is 70.6 Å². The zero-order valence-corrected chi connectivity index (χ0v) is 17.6. The van der Waals surface area contributed by atoms with Gasteiger partial charge in [0.2, 0.25) is 5.91 Å². The Morgan fingerprint density at radius 1 is 0.806 bits per heavy atom. The Morgan fingerprint density at radius 2 is 1.32 bits per heavy atom. The Labute approximate surface area is 183 Å². The molecule has 0 atom stereocenters. The minimum Gasteiger partial charge on any atom is -0.346 e. The standard InChI is InChI=1S/C26H27N3O2/c1-2-12-23(20-13-6-3-7-14-20)28-29-24(30)19-27-26(31)25(21-15-8-4-9-16-21)22-17-10-5-11-18-22/h3-11,13-18,25H,2,12,19H2,1H3,(H,27,31)(H,29,30)/b28-23+. The highest BCUT2D eigenvalue weighted by atomic mass is 16.2.